The van der Waals surface area contributed by atoms with Crippen molar-refractivity contribution in [3.63, 3.8) is 0 Å². The van der Waals surface area contributed by atoms with Gasteiger partial charge in [-0.2, -0.15) is 5.10 Å². The van der Waals surface area contributed by atoms with Gasteiger partial charge in [0.1, 0.15) is 5.69 Å². The summed E-state index contributed by atoms with van der Waals surface area (Å²) in [4.78, 5) is 29.1. The number of hydrogen-bond acceptors (Lipinski definition) is 4. The Kier molecular flexibility index (Phi) is 4.61. The Morgan fingerprint density at radius 3 is 2.14 bits per heavy atom. The van der Waals surface area contributed by atoms with Gasteiger partial charge in [0.15, 0.2) is 0 Å². The Balaban J connectivity index is 0.000000255. The fraction of sp³-hybridized carbons (Fsp3) is 0.143. The van der Waals surface area contributed by atoms with Gasteiger partial charge in [-0.15, -0.1) is 0 Å². The number of primary amides is 1. The van der Waals surface area contributed by atoms with E-state index in [2.05, 4.69) is 10.2 Å². The molecule has 0 saturated carbocycles. The predicted molar refractivity (Wildman–Crippen MR) is 45.4 cm³/mol. The Hall–Kier alpha value is -2.18. The average Bonchev–Trinajstić information content (AvgIpc) is 2.56. The average molecular weight is 199 g/mol. The number of Topliss-reactive ketones (excluding diaryl/α,β-unsaturated/α-hetero) is 1. The zero-order valence-electron chi connectivity index (χ0n) is 7.35. The van der Waals surface area contributed by atoms with E-state index in [1.54, 1.807) is 0 Å². The van der Waals surface area contributed by atoms with Crippen molar-refractivity contribution >= 4 is 17.7 Å². The molecule has 0 atom stereocenters. The van der Waals surface area contributed by atoms with Crippen molar-refractivity contribution < 1.29 is 19.5 Å². The van der Waals surface area contributed by atoms with Crippen LogP contribution in [0.25, 0.3) is 0 Å². The minimum absolute atomic E-state index is 0.338. The van der Waals surface area contributed by atoms with Gasteiger partial charge in [0.05, 0.1) is 0 Å². The maximum absolute atomic E-state index is 10.2. The molecule has 1 amide bonds. The van der Waals surface area contributed by atoms with Gasteiger partial charge in [-0.1, -0.05) is 0 Å². The van der Waals surface area contributed by atoms with E-state index in [1.165, 1.54) is 12.3 Å². The number of hydrogen-bond donors (Lipinski definition) is 3. The molecule has 0 bridgehead atoms. The predicted octanol–water partition coefficient (Wildman–Crippen LogP) is -0.831. The van der Waals surface area contributed by atoms with Gasteiger partial charge < -0.3 is 10.8 Å². The number of nitrogens with one attached hydrogen (secondary N) is 1. The second kappa shape index (κ2) is 5.46. The summed E-state index contributed by atoms with van der Waals surface area (Å²) < 4.78 is 0. The van der Waals surface area contributed by atoms with Crippen LogP contribution in [0.15, 0.2) is 12.3 Å². The van der Waals surface area contributed by atoms with E-state index in [4.69, 9.17) is 10.8 Å². The van der Waals surface area contributed by atoms with Gasteiger partial charge in [-0.3, -0.25) is 14.7 Å². The van der Waals surface area contributed by atoms with Gasteiger partial charge in [-0.25, -0.2) is 4.79 Å². The molecule has 7 nitrogen and oxygen atoms in total. The normalized spacial score (nSPS) is 8.36. The van der Waals surface area contributed by atoms with Crippen molar-refractivity contribution in [3.05, 3.63) is 18.0 Å². The second-order valence-electron chi connectivity index (χ2n) is 2.20. The highest BCUT2D eigenvalue weighted by molar-refractivity contribution is 6.31. The lowest BCUT2D eigenvalue weighted by molar-refractivity contribution is -0.148. The van der Waals surface area contributed by atoms with E-state index < -0.39 is 17.7 Å². The second-order valence-corrected chi connectivity index (χ2v) is 2.20. The number of nitrogens with two attached hydrogens (primary N) is 1. The molecular weight excluding hydrogens is 190 g/mol. The number of nitrogens with zero attached hydrogens (tertiary/aromatic N) is 1. The molecule has 0 radical (unpaired) electrons. The van der Waals surface area contributed by atoms with Crippen LogP contribution in [-0.2, 0) is 9.59 Å². The highest BCUT2D eigenvalue weighted by atomic mass is 16.4. The van der Waals surface area contributed by atoms with Crippen molar-refractivity contribution in [1.82, 2.24) is 10.2 Å². The Morgan fingerprint density at radius 2 is 2.00 bits per heavy atom. The first-order valence-corrected chi connectivity index (χ1v) is 3.48. The van der Waals surface area contributed by atoms with E-state index in [9.17, 15) is 14.4 Å². The Labute approximate surface area is 78.9 Å². The Bertz CT molecular complexity index is 319. The van der Waals surface area contributed by atoms with Crippen LogP contribution >= 0.6 is 0 Å². The van der Waals surface area contributed by atoms with Crippen LogP contribution in [-0.4, -0.2) is 33.0 Å². The molecule has 0 spiro atoms. The first kappa shape index (κ1) is 11.8. The molecule has 0 aliphatic heterocycles. The molecule has 14 heavy (non-hydrogen) atoms. The molecule has 1 aromatic heterocycles. The highest BCUT2D eigenvalue weighted by Gasteiger charge is 1.99. The summed E-state index contributed by atoms with van der Waals surface area (Å²) in [5.41, 5.74) is 5.19. The van der Waals surface area contributed by atoms with E-state index in [0.29, 0.717) is 5.69 Å². The molecule has 1 rings (SSSR count). The minimum atomic E-state index is -1.38. The van der Waals surface area contributed by atoms with Crippen molar-refractivity contribution in [1.29, 1.82) is 0 Å². The van der Waals surface area contributed by atoms with Crippen LogP contribution in [0.1, 0.15) is 17.4 Å². The summed E-state index contributed by atoms with van der Waals surface area (Å²) in [5, 5.41) is 13.6. The Morgan fingerprint density at radius 1 is 1.50 bits per heavy atom. The molecule has 0 aliphatic rings. The quantitative estimate of drug-likeness (QED) is 0.536. The fourth-order valence-electron chi connectivity index (χ4n) is 0.393. The first-order valence-electron chi connectivity index (χ1n) is 3.48. The molecule has 0 fully saturated rings. The van der Waals surface area contributed by atoms with E-state index >= 15 is 0 Å². The monoisotopic (exact) mass is 199 g/mol. The largest absolute Gasteiger partial charge is 0.476 e. The summed E-state index contributed by atoms with van der Waals surface area (Å²) in [7, 11) is 0. The summed E-state index contributed by atoms with van der Waals surface area (Å²) in [5.74, 6) is -2.69. The van der Waals surface area contributed by atoms with Gasteiger partial charge in [0.25, 0.3) is 5.91 Å². The third-order valence-corrected chi connectivity index (χ3v) is 1.07. The van der Waals surface area contributed by atoms with Gasteiger partial charge in [-0.05, 0) is 6.07 Å². The maximum Gasteiger partial charge on any atom is 0.371 e. The summed E-state index contributed by atoms with van der Waals surface area (Å²) >= 11 is 0. The third-order valence-electron chi connectivity index (χ3n) is 1.07. The summed E-state index contributed by atoms with van der Waals surface area (Å²) in [6.45, 7) is 1.00. The minimum Gasteiger partial charge on any atom is -0.476 e. The molecule has 0 saturated heterocycles. The molecule has 76 valence electrons. The van der Waals surface area contributed by atoms with Crippen LogP contribution in [0.3, 0.4) is 0 Å². The number of rotatable bonds is 2. The highest BCUT2D eigenvalue weighted by Crippen LogP contribution is 1.86. The van der Waals surface area contributed by atoms with Crippen LogP contribution < -0.4 is 5.73 Å². The third kappa shape index (κ3) is 4.65. The van der Waals surface area contributed by atoms with Crippen molar-refractivity contribution in [2.24, 2.45) is 5.73 Å². The van der Waals surface area contributed by atoms with Gasteiger partial charge in [0, 0.05) is 13.1 Å². The number of aromatic amines is 1. The number of aromatic nitrogens is 2. The first-order chi connectivity index (χ1) is 6.45. The number of amides is 1. The number of carbonyl (C=O) groups is 3. The van der Waals surface area contributed by atoms with Crippen LogP contribution in [0, 0.1) is 0 Å². The number of ketones is 1. The van der Waals surface area contributed by atoms with Crippen LogP contribution in [0.5, 0.6) is 0 Å². The van der Waals surface area contributed by atoms with Crippen molar-refractivity contribution in [2.45, 2.75) is 6.92 Å². The lowest BCUT2D eigenvalue weighted by atomic mass is 10.4. The van der Waals surface area contributed by atoms with E-state index in [0.717, 1.165) is 6.92 Å². The lowest BCUT2D eigenvalue weighted by Crippen LogP contribution is -2.10. The van der Waals surface area contributed by atoms with Crippen molar-refractivity contribution in [3.8, 4) is 0 Å². The lowest BCUT2D eigenvalue weighted by Gasteiger charge is -1.80. The molecule has 0 aliphatic carbocycles. The topological polar surface area (TPSA) is 126 Å². The van der Waals surface area contributed by atoms with Crippen LogP contribution in [0.4, 0.5) is 0 Å². The zero-order valence-corrected chi connectivity index (χ0v) is 7.35. The fourth-order valence-corrected chi connectivity index (χ4v) is 0.393. The van der Waals surface area contributed by atoms with Gasteiger partial charge in [0.2, 0.25) is 5.78 Å². The molecule has 1 aromatic rings. The number of carboxylic acids is 1. The molecule has 0 unspecified atom stereocenters. The van der Waals surface area contributed by atoms with Gasteiger partial charge >= 0.3 is 5.97 Å². The number of carboxylic acid groups (broad SMARTS) is 1. The number of aliphatic carboxylic acids is 1. The molecule has 7 heteroatoms. The molecule has 4 N–H and O–H groups in total. The smallest absolute Gasteiger partial charge is 0.371 e. The SMILES string of the molecule is CC(=O)C(=O)O.NC(=O)c1ccn[nH]1. The molecule has 0 aromatic carbocycles. The standard InChI is InChI=1S/C4H5N3O.C3H4O3/c5-4(8)3-1-2-6-7-3;1-2(4)3(5)6/h1-2H,(H2,5,8)(H,6,7);1H3,(H,5,6). The molecular formula is C7H9N3O4. The summed E-state index contributed by atoms with van der Waals surface area (Å²) in [6, 6.07) is 1.52. The summed E-state index contributed by atoms with van der Waals surface area (Å²) in [6.07, 6.45) is 1.47. The number of carbonyl (C=O) groups excluding carboxylic acids is 2. The van der Waals surface area contributed by atoms with Crippen LogP contribution in [0.2, 0.25) is 0 Å². The van der Waals surface area contributed by atoms with E-state index in [1.807, 2.05) is 0 Å². The maximum atomic E-state index is 10.2. The molecule has 1 heterocycles. The van der Waals surface area contributed by atoms with E-state index in [-0.39, 0.29) is 0 Å². The number of H-pyrrole nitrogens is 1. The zero-order chi connectivity index (χ0) is 11.1. The van der Waals surface area contributed by atoms with Crippen molar-refractivity contribution in [2.75, 3.05) is 0 Å².